The number of ketones is 1. The Labute approximate surface area is 132 Å². The molecule has 2 saturated heterocycles. The summed E-state index contributed by atoms with van der Waals surface area (Å²) in [5, 5.41) is 12.6. The van der Waals surface area contributed by atoms with Gasteiger partial charge in [-0.2, -0.15) is 18.4 Å². The van der Waals surface area contributed by atoms with Crippen molar-refractivity contribution in [2.24, 2.45) is 5.92 Å². The number of piperidine rings is 2. The second-order valence-electron chi connectivity index (χ2n) is 6.39. The lowest BCUT2D eigenvalue weighted by molar-refractivity contribution is -0.137. The highest BCUT2D eigenvalue weighted by atomic mass is 19.4. The lowest BCUT2D eigenvalue weighted by Crippen LogP contribution is -2.50. The van der Waals surface area contributed by atoms with Crippen LogP contribution in [0.4, 0.5) is 13.2 Å². The molecule has 2 heterocycles. The number of carbonyl (C=O) groups is 1. The Bertz CT molecular complexity index is 651. The Hall–Kier alpha value is -1.87. The maximum atomic E-state index is 12.7. The standard InChI is InChI=1S/C17H17F3N2O/c18-17(19,20)12-4-5-15(11(6-12)9-21)16(23)10-7-13-2-1-3-14(8-10)22-13/h4-6,10,13-14,22H,1-3,7-8H2. The van der Waals surface area contributed by atoms with Gasteiger partial charge in [0, 0.05) is 23.6 Å². The van der Waals surface area contributed by atoms with Crippen molar-refractivity contribution in [3.8, 4) is 6.07 Å². The van der Waals surface area contributed by atoms with Gasteiger partial charge in [0.25, 0.3) is 0 Å². The summed E-state index contributed by atoms with van der Waals surface area (Å²) < 4.78 is 38.2. The van der Waals surface area contributed by atoms with Crippen LogP contribution >= 0.6 is 0 Å². The molecule has 0 saturated carbocycles. The quantitative estimate of drug-likeness (QED) is 0.845. The summed E-state index contributed by atoms with van der Waals surface area (Å²) in [5.41, 5.74) is -0.966. The van der Waals surface area contributed by atoms with Gasteiger partial charge in [-0.15, -0.1) is 0 Å². The number of fused-ring (bicyclic) bond motifs is 2. The highest BCUT2D eigenvalue weighted by Gasteiger charge is 2.36. The maximum Gasteiger partial charge on any atom is 0.416 e. The van der Waals surface area contributed by atoms with Crippen molar-refractivity contribution in [2.75, 3.05) is 0 Å². The lowest BCUT2D eigenvalue weighted by atomic mass is 9.76. The van der Waals surface area contributed by atoms with E-state index in [4.69, 9.17) is 5.26 Å². The van der Waals surface area contributed by atoms with E-state index in [0.717, 1.165) is 37.5 Å². The second-order valence-corrected chi connectivity index (χ2v) is 6.39. The zero-order valence-corrected chi connectivity index (χ0v) is 12.5. The van der Waals surface area contributed by atoms with E-state index in [-0.39, 0.29) is 22.8 Å². The molecule has 2 atom stereocenters. The van der Waals surface area contributed by atoms with E-state index in [1.807, 2.05) is 0 Å². The van der Waals surface area contributed by atoms with Gasteiger partial charge in [0.2, 0.25) is 0 Å². The number of rotatable bonds is 2. The van der Waals surface area contributed by atoms with Crippen LogP contribution in [0.15, 0.2) is 18.2 Å². The van der Waals surface area contributed by atoms with Crippen molar-refractivity contribution < 1.29 is 18.0 Å². The molecule has 0 aromatic heterocycles. The molecular formula is C17H17F3N2O. The number of alkyl halides is 3. The molecule has 3 rings (SSSR count). The fourth-order valence-electron chi connectivity index (χ4n) is 3.73. The number of benzene rings is 1. The molecule has 2 aliphatic heterocycles. The van der Waals surface area contributed by atoms with Gasteiger partial charge >= 0.3 is 6.18 Å². The minimum atomic E-state index is -4.51. The van der Waals surface area contributed by atoms with E-state index >= 15 is 0 Å². The third kappa shape index (κ3) is 3.25. The third-order valence-electron chi connectivity index (χ3n) is 4.82. The lowest BCUT2D eigenvalue weighted by Gasteiger charge is -2.39. The average molecular weight is 322 g/mol. The van der Waals surface area contributed by atoms with Crippen molar-refractivity contribution in [2.45, 2.75) is 50.4 Å². The van der Waals surface area contributed by atoms with Gasteiger partial charge in [-0.3, -0.25) is 4.79 Å². The molecule has 0 amide bonds. The zero-order valence-electron chi connectivity index (χ0n) is 12.5. The van der Waals surface area contributed by atoms with Crippen LogP contribution in [0.2, 0.25) is 0 Å². The predicted molar refractivity (Wildman–Crippen MR) is 77.8 cm³/mol. The first-order chi connectivity index (χ1) is 10.9. The molecule has 23 heavy (non-hydrogen) atoms. The number of nitrogens with zero attached hydrogens (tertiary/aromatic N) is 1. The second kappa shape index (κ2) is 5.97. The van der Waals surface area contributed by atoms with Crippen molar-refractivity contribution in [1.82, 2.24) is 5.32 Å². The molecular weight excluding hydrogens is 305 g/mol. The monoisotopic (exact) mass is 322 g/mol. The van der Waals surface area contributed by atoms with Crippen molar-refractivity contribution in [1.29, 1.82) is 5.26 Å². The fourth-order valence-corrected chi connectivity index (χ4v) is 3.73. The zero-order chi connectivity index (χ0) is 16.6. The number of carbonyl (C=O) groups excluding carboxylic acids is 1. The molecule has 0 spiro atoms. The molecule has 1 N–H and O–H groups in total. The van der Waals surface area contributed by atoms with Crippen LogP contribution in [0, 0.1) is 17.2 Å². The molecule has 1 aromatic rings. The molecule has 2 bridgehead atoms. The molecule has 0 radical (unpaired) electrons. The number of hydrogen-bond acceptors (Lipinski definition) is 3. The van der Waals surface area contributed by atoms with Gasteiger partial charge in [-0.25, -0.2) is 0 Å². The molecule has 2 unspecified atom stereocenters. The highest BCUT2D eigenvalue weighted by molar-refractivity contribution is 6.00. The van der Waals surface area contributed by atoms with Crippen LogP contribution in [0.5, 0.6) is 0 Å². The molecule has 122 valence electrons. The minimum Gasteiger partial charge on any atom is -0.311 e. The van der Waals surface area contributed by atoms with Crippen LogP contribution in [-0.4, -0.2) is 17.9 Å². The summed E-state index contributed by atoms with van der Waals surface area (Å²) in [6.07, 6.45) is 0.0746. The number of hydrogen-bond donors (Lipinski definition) is 1. The summed E-state index contributed by atoms with van der Waals surface area (Å²) in [5.74, 6) is -0.413. The van der Waals surface area contributed by atoms with Crippen LogP contribution in [0.25, 0.3) is 0 Å². The van der Waals surface area contributed by atoms with Gasteiger partial charge in [0.1, 0.15) is 0 Å². The molecule has 3 nitrogen and oxygen atoms in total. The molecule has 1 aromatic carbocycles. The van der Waals surface area contributed by atoms with Gasteiger partial charge < -0.3 is 5.32 Å². The van der Waals surface area contributed by atoms with E-state index in [1.165, 1.54) is 0 Å². The predicted octanol–water partition coefficient (Wildman–Crippen LogP) is 3.68. The van der Waals surface area contributed by atoms with E-state index in [0.29, 0.717) is 24.9 Å². The Balaban J connectivity index is 1.86. The summed E-state index contributed by atoms with van der Waals surface area (Å²) >= 11 is 0. The van der Waals surface area contributed by atoms with Crippen molar-refractivity contribution in [3.63, 3.8) is 0 Å². The van der Waals surface area contributed by atoms with Crippen LogP contribution < -0.4 is 5.32 Å². The minimum absolute atomic E-state index is 0.116. The summed E-state index contributed by atoms with van der Waals surface area (Å²) in [4.78, 5) is 12.7. The number of Topliss-reactive ketones (excluding diaryl/α,β-unsaturated/α-hetero) is 1. The molecule has 0 aliphatic carbocycles. The normalized spacial score (nSPS) is 27.3. The fraction of sp³-hybridized carbons (Fsp3) is 0.529. The molecule has 2 aliphatic rings. The molecule has 2 fully saturated rings. The molecule has 6 heteroatoms. The van der Waals surface area contributed by atoms with Crippen LogP contribution in [0.1, 0.15) is 53.6 Å². The summed E-state index contributed by atoms with van der Waals surface area (Å²) in [7, 11) is 0. The van der Waals surface area contributed by atoms with E-state index in [9.17, 15) is 18.0 Å². The first-order valence-corrected chi connectivity index (χ1v) is 7.80. The Morgan fingerprint density at radius 1 is 1.22 bits per heavy atom. The van der Waals surface area contributed by atoms with E-state index in [1.54, 1.807) is 6.07 Å². The van der Waals surface area contributed by atoms with E-state index < -0.39 is 11.7 Å². The van der Waals surface area contributed by atoms with Crippen LogP contribution in [-0.2, 0) is 6.18 Å². The Morgan fingerprint density at radius 3 is 2.43 bits per heavy atom. The Kier molecular flexibility index (Phi) is 4.15. The SMILES string of the molecule is N#Cc1cc(C(F)(F)F)ccc1C(=O)C1CC2CCCC(C1)N2. The van der Waals surface area contributed by atoms with Crippen molar-refractivity contribution in [3.05, 3.63) is 34.9 Å². The van der Waals surface area contributed by atoms with Gasteiger partial charge in [-0.05, 0) is 43.9 Å². The number of nitrogens with one attached hydrogen (secondary N) is 1. The van der Waals surface area contributed by atoms with Gasteiger partial charge in [0.05, 0.1) is 17.2 Å². The van der Waals surface area contributed by atoms with E-state index in [2.05, 4.69) is 5.32 Å². The average Bonchev–Trinajstić information content (AvgIpc) is 2.52. The first-order valence-electron chi connectivity index (χ1n) is 7.80. The first kappa shape index (κ1) is 16.0. The smallest absolute Gasteiger partial charge is 0.311 e. The van der Waals surface area contributed by atoms with Crippen molar-refractivity contribution >= 4 is 5.78 Å². The van der Waals surface area contributed by atoms with Gasteiger partial charge in [0.15, 0.2) is 5.78 Å². The topological polar surface area (TPSA) is 52.9 Å². The number of nitriles is 1. The Morgan fingerprint density at radius 2 is 1.87 bits per heavy atom. The van der Waals surface area contributed by atoms with Gasteiger partial charge in [-0.1, -0.05) is 6.42 Å². The largest absolute Gasteiger partial charge is 0.416 e. The highest BCUT2D eigenvalue weighted by Crippen LogP contribution is 2.34. The summed E-state index contributed by atoms with van der Waals surface area (Å²) in [6, 6.07) is 5.16. The maximum absolute atomic E-state index is 12.7. The van der Waals surface area contributed by atoms with Crippen LogP contribution in [0.3, 0.4) is 0 Å². The number of halogens is 3. The summed E-state index contributed by atoms with van der Waals surface area (Å²) in [6.45, 7) is 0. The third-order valence-corrected chi connectivity index (χ3v) is 4.82.